The zero-order valence-corrected chi connectivity index (χ0v) is 21.5. The van der Waals surface area contributed by atoms with E-state index in [1.54, 1.807) is 7.11 Å². The summed E-state index contributed by atoms with van der Waals surface area (Å²) < 4.78 is 11.3. The second kappa shape index (κ2) is 8.33. The largest absolute Gasteiger partial charge is 0.458 e. The Hall–Kier alpha value is -0.940. The van der Waals surface area contributed by atoms with Crippen molar-refractivity contribution in [1.29, 1.82) is 0 Å². The van der Waals surface area contributed by atoms with Crippen molar-refractivity contribution in [2.75, 3.05) is 33.9 Å². The molecule has 0 amide bonds. The zero-order chi connectivity index (χ0) is 23.6. The molecule has 5 heteroatoms. The number of likely N-dealkylation sites (N-methyl/N-ethyl adjacent to an activating group) is 1. The summed E-state index contributed by atoms with van der Waals surface area (Å²) in [6.45, 7) is 8.58. The third kappa shape index (κ3) is 3.71. The summed E-state index contributed by atoms with van der Waals surface area (Å²) in [4.78, 5) is 27.1. The van der Waals surface area contributed by atoms with Crippen LogP contribution in [0.4, 0.5) is 0 Å². The number of nitrogens with zero attached hydrogens (tertiary/aromatic N) is 1. The van der Waals surface area contributed by atoms with Gasteiger partial charge in [-0.15, -0.1) is 0 Å². The smallest absolute Gasteiger partial charge is 0.320 e. The highest BCUT2D eigenvalue weighted by molar-refractivity contribution is 5.79. The summed E-state index contributed by atoms with van der Waals surface area (Å²) in [6.07, 6.45) is 10.8. The molecule has 186 valence electrons. The van der Waals surface area contributed by atoms with Crippen LogP contribution in [0.15, 0.2) is 0 Å². The molecule has 0 radical (unpaired) electrons. The maximum absolute atomic E-state index is 12.7. The Labute approximate surface area is 200 Å². The molecule has 5 nitrogen and oxygen atoms in total. The molecule has 0 bridgehead atoms. The van der Waals surface area contributed by atoms with Crippen molar-refractivity contribution in [3.05, 3.63) is 0 Å². The second-order valence-corrected chi connectivity index (χ2v) is 12.9. The standard InChI is InChI=1S/C28H45NO4/c1-18(30)20-8-9-21-19-6-7-23-24-16-28(24,33-25(31)17-29(4)14-15-32-5)13-12-27(23,3)22(19)10-11-26(20,21)2/h19-24H,6-17H2,1-5H3/t19-,20+,21-,22-,23-,24?,26+,27+,28-/m0/s1. The van der Waals surface area contributed by atoms with Gasteiger partial charge in [-0.3, -0.25) is 14.5 Å². The number of Topliss-reactive ketones (excluding diaryl/α,β-unsaturated/α-hetero) is 1. The lowest BCUT2D eigenvalue weighted by molar-refractivity contribution is -0.166. The molecule has 0 aromatic rings. The van der Waals surface area contributed by atoms with Crippen molar-refractivity contribution in [3.63, 3.8) is 0 Å². The predicted octanol–water partition coefficient (Wildman–Crippen LogP) is 4.72. The Morgan fingerprint density at radius 2 is 1.64 bits per heavy atom. The first-order valence-electron chi connectivity index (χ1n) is 13.5. The fourth-order valence-corrected chi connectivity index (χ4v) is 9.75. The first kappa shape index (κ1) is 23.8. The Kier molecular flexibility index (Phi) is 6.00. The molecule has 0 spiro atoms. The minimum Gasteiger partial charge on any atom is -0.458 e. The van der Waals surface area contributed by atoms with Crippen LogP contribution >= 0.6 is 0 Å². The molecule has 0 heterocycles. The summed E-state index contributed by atoms with van der Waals surface area (Å²) in [7, 11) is 3.65. The van der Waals surface area contributed by atoms with Gasteiger partial charge >= 0.3 is 5.97 Å². The van der Waals surface area contributed by atoms with E-state index in [1.165, 1.54) is 38.5 Å². The second-order valence-electron chi connectivity index (χ2n) is 12.9. The minimum absolute atomic E-state index is 0.0666. The van der Waals surface area contributed by atoms with E-state index in [-0.39, 0.29) is 22.9 Å². The van der Waals surface area contributed by atoms with Gasteiger partial charge in [-0.05, 0) is 106 Å². The first-order valence-corrected chi connectivity index (χ1v) is 13.5. The third-order valence-electron chi connectivity index (χ3n) is 11.5. The highest BCUT2D eigenvalue weighted by atomic mass is 16.6. The number of ketones is 1. The van der Waals surface area contributed by atoms with Gasteiger partial charge in [-0.2, -0.15) is 0 Å². The van der Waals surface area contributed by atoms with Crippen LogP contribution in [-0.2, 0) is 19.1 Å². The summed E-state index contributed by atoms with van der Waals surface area (Å²) in [6, 6.07) is 0. The van der Waals surface area contributed by atoms with Crippen molar-refractivity contribution >= 4 is 11.8 Å². The van der Waals surface area contributed by atoms with Gasteiger partial charge < -0.3 is 9.47 Å². The highest BCUT2D eigenvalue weighted by Crippen LogP contribution is 2.73. The quantitative estimate of drug-likeness (QED) is 0.516. The van der Waals surface area contributed by atoms with Gasteiger partial charge in [0.15, 0.2) is 0 Å². The molecule has 0 aromatic carbocycles. The van der Waals surface area contributed by atoms with Crippen LogP contribution in [0.3, 0.4) is 0 Å². The SMILES string of the molecule is COCCN(C)CC(=O)O[C@]12CC[C@@]3(C)[C@@H](CC[C@@H]4[C@@H]3CC[C@]3(C)[C@@H](C(C)=O)CC[C@@H]43)C1C2. The van der Waals surface area contributed by atoms with E-state index >= 15 is 0 Å². The molecular weight excluding hydrogens is 414 g/mol. The van der Waals surface area contributed by atoms with E-state index in [0.29, 0.717) is 36.2 Å². The molecule has 5 aliphatic rings. The fraction of sp³-hybridized carbons (Fsp3) is 0.929. The third-order valence-corrected chi connectivity index (χ3v) is 11.5. The van der Waals surface area contributed by atoms with E-state index in [0.717, 1.165) is 43.6 Å². The number of carbonyl (C=O) groups is 2. The maximum Gasteiger partial charge on any atom is 0.320 e. The van der Waals surface area contributed by atoms with Gasteiger partial charge in [0.1, 0.15) is 11.4 Å². The van der Waals surface area contributed by atoms with Crippen molar-refractivity contribution < 1.29 is 19.1 Å². The number of hydrogen-bond acceptors (Lipinski definition) is 5. The van der Waals surface area contributed by atoms with Crippen molar-refractivity contribution in [2.24, 2.45) is 46.3 Å². The molecule has 5 fully saturated rings. The number of fused-ring (bicyclic) bond motifs is 7. The molecule has 0 N–H and O–H groups in total. The summed E-state index contributed by atoms with van der Waals surface area (Å²) in [5.74, 6) is 4.21. The number of rotatable bonds is 7. The van der Waals surface area contributed by atoms with E-state index in [2.05, 4.69) is 13.8 Å². The van der Waals surface area contributed by atoms with Crippen LogP contribution in [0, 0.1) is 46.3 Å². The maximum atomic E-state index is 12.7. The van der Waals surface area contributed by atoms with Crippen molar-refractivity contribution in [2.45, 2.75) is 84.2 Å². The van der Waals surface area contributed by atoms with Crippen molar-refractivity contribution in [1.82, 2.24) is 4.90 Å². The molecule has 0 saturated heterocycles. The highest BCUT2D eigenvalue weighted by Gasteiger charge is 2.70. The van der Waals surface area contributed by atoms with Crippen molar-refractivity contribution in [3.8, 4) is 0 Å². The Balaban J connectivity index is 1.25. The molecule has 33 heavy (non-hydrogen) atoms. The van der Waals surface area contributed by atoms with Crippen LogP contribution in [0.2, 0.25) is 0 Å². The summed E-state index contributed by atoms with van der Waals surface area (Å²) in [5.41, 5.74) is 0.440. The number of ether oxygens (including phenoxy) is 2. The predicted molar refractivity (Wildman–Crippen MR) is 128 cm³/mol. The van der Waals surface area contributed by atoms with Crippen LogP contribution in [0.1, 0.15) is 78.6 Å². The number of esters is 1. The van der Waals surface area contributed by atoms with Crippen LogP contribution in [-0.4, -0.2) is 56.1 Å². The number of methoxy groups -OCH3 is 1. The number of hydrogen-bond donors (Lipinski definition) is 0. The summed E-state index contributed by atoms with van der Waals surface area (Å²) in [5, 5.41) is 0. The van der Waals surface area contributed by atoms with E-state index < -0.39 is 0 Å². The van der Waals surface area contributed by atoms with E-state index in [9.17, 15) is 9.59 Å². The lowest BCUT2D eigenvalue weighted by Gasteiger charge is -2.60. The molecule has 9 atom stereocenters. The zero-order valence-electron chi connectivity index (χ0n) is 21.5. The van der Waals surface area contributed by atoms with Gasteiger partial charge in [0.2, 0.25) is 0 Å². The van der Waals surface area contributed by atoms with Crippen LogP contribution in [0.5, 0.6) is 0 Å². The van der Waals surface area contributed by atoms with Gasteiger partial charge in [-0.1, -0.05) is 13.8 Å². The van der Waals surface area contributed by atoms with E-state index in [1.807, 2.05) is 18.9 Å². The monoisotopic (exact) mass is 459 g/mol. The normalized spacial score (nSPS) is 47.8. The molecule has 1 unspecified atom stereocenters. The van der Waals surface area contributed by atoms with Gasteiger partial charge in [0, 0.05) is 25.5 Å². The lowest BCUT2D eigenvalue weighted by atomic mass is 9.44. The molecule has 0 aliphatic heterocycles. The molecule has 0 aromatic heterocycles. The molecular formula is C28H45NO4. The van der Waals surface area contributed by atoms with Crippen LogP contribution < -0.4 is 0 Å². The number of carbonyl (C=O) groups excluding carboxylic acids is 2. The molecule has 5 saturated carbocycles. The topological polar surface area (TPSA) is 55.8 Å². The molecule has 5 aliphatic carbocycles. The molecule has 5 rings (SSSR count). The first-order chi connectivity index (χ1) is 15.6. The van der Waals surface area contributed by atoms with Gasteiger partial charge in [-0.25, -0.2) is 0 Å². The minimum atomic E-state index is -0.174. The average Bonchev–Trinajstić information content (AvgIpc) is 3.34. The average molecular weight is 460 g/mol. The Morgan fingerprint density at radius 3 is 2.36 bits per heavy atom. The Bertz CT molecular complexity index is 799. The Morgan fingerprint density at radius 1 is 0.909 bits per heavy atom. The van der Waals surface area contributed by atoms with Gasteiger partial charge in [0.25, 0.3) is 0 Å². The van der Waals surface area contributed by atoms with Crippen LogP contribution in [0.25, 0.3) is 0 Å². The van der Waals surface area contributed by atoms with Gasteiger partial charge in [0.05, 0.1) is 13.2 Å². The van der Waals surface area contributed by atoms with E-state index in [4.69, 9.17) is 9.47 Å². The fourth-order valence-electron chi connectivity index (χ4n) is 9.75. The summed E-state index contributed by atoms with van der Waals surface area (Å²) >= 11 is 0. The lowest BCUT2D eigenvalue weighted by Crippen LogP contribution is -2.55.